The molecule has 0 spiro atoms. The van der Waals surface area contributed by atoms with Gasteiger partial charge >= 0.3 is 0 Å². The van der Waals surface area contributed by atoms with E-state index in [4.69, 9.17) is 4.74 Å². The molecule has 0 amide bonds. The lowest BCUT2D eigenvalue weighted by atomic mass is 9.82. The van der Waals surface area contributed by atoms with Crippen molar-refractivity contribution in [2.45, 2.75) is 18.8 Å². The van der Waals surface area contributed by atoms with E-state index in [0.717, 1.165) is 23.2 Å². The minimum absolute atomic E-state index is 0.0688. The second kappa shape index (κ2) is 6.37. The number of carbonyl (C=O) groups excluding carboxylic acids is 1. The standard InChI is InChI=1S/C20H16F2N2O2/c1-26-17-4-2-16(3-5-17)24-19-8-13(9-20(25)18(19)11-23-24)12-6-14(21)10-15(22)7-12/h2-7,10-11,13H,8-9H2,1H3/t13-/m0/s1. The first-order valence-electron chi connectivity index (χ1n) is 8.25. The fourth-order valence-electron chi connectivity index (χ4n) is 3.43. The lowest BCUT2D eigenvalue weighted by Crippen LogP contribution is -2.20. The molecule has 1 aromatic heterocycles. The van der Waals surface area contributed by atoms with E-state index in [-0.39, 0.29) is 18.1 Å². The summed E-state index contributed by atoms with van der Waals surface area (Å²) in [6.07, 6.45) is 2.25. The van der Waals surface area contributed by atoms with Crippen LogP contribution < -0.4 is 4.74 Å². The highest BCUT2D eigenvalue weighted by Crippen LogP contribution is 2.34. The smallest absolute Gasteiger partial charge is 0.166 e. The predicted octanol–water partition coefficient (Wildman–Crippen LogP) is 4.07. The van der Waals surface area contributed by atoms with Crippen molar-refractivity contribution >= 4 is 5.78 Å². The minimum Gasteiger partial charge on any atom is -0.497 e. The van der Waals surface area contributed by atoms with E-state index >= 15 is 0 Å². The summed E-state index contributed by atoms with van der Waals surface area (Å²) >= 11 is 0. The van der Waals surface area contributed by atoms with Gasteiger partial charge in [0, 0.05) is 12.5 Å². The van der Waals surface area contributed by atoms with Crippen molar-refractivity contribution in [3.63, 3.8) is 0 Å². The van der Waals surface area contributed by atoms with Crippen molar-refractivity contribution in [1.29, 1.82) is 0 Å². The zero-order chi connectivity index (χ0) is 18.3. The number of hydrogen-bond donors (Lipinski definition) is 0. The van der Waals surface area contributed by atoms with Crippen molar-refractivity contribution in [3.8, 4) is 11.4 Å². The van der Waals surface area contributed by atoms with Crippen LogP contribution >= 0.6 is 0 Å². The van der Waals surface area contributed by atoms with Crippen LogP contribution in [0.15, 0.2) is 48.7 Å². The van der Waals surface area contributed by atoms with Gasteiger partial charge in [-0.15, -0.1) is 0 Å². The number of aromatic nitrogens is 2. The molecule has 4 rings (SSSR count). The molecule has 0 radical (unpaired) electrons. The number of ether oxygens (including phenoxy) is 1. The first-order valence-corrected chi connectivity index (χ1v) is 8.25. The van der Waals surface area contributed by atoms with Crippen LogP contribution in [0.3, 0.4) is 0 Å². The quantitative estimate of drug-likeness (QED) is 0.712. The van der Waals surface area contributed by atoms with Crippen molar-refractivity contribution in [3.05, 3.63) is 77.1 Å². The Kier molecular flexibility index (Phi) is 4.03. The number of nitrogens with zero attached hydrogens (tertiary/aromatic N) is 2. The summed E-state index contributed by atoms with van der Waals surface area (Å²) < 4.78 is 34.0. The highest BCUT2D eigenvalue weighted by atomic mass is 19.1. The third-order valence-corrected chi connectivity index (χ3v) is 4.71. The minimum atomic E-state index is -0.637. The number of fused-ring (bicyclic) bond motifs is 1. The number of Topliss-reactive ketones (excluding diaryl/α,β-unsaturated/α-hetero) is 1. The Labute approximate surface area is 149 Å². The van der Waals surface area contributed by atoms with Gasteiger partial charge in [-0.25, -0.2) is 13.5 Å². The van der Waals surface area contributed by atoms with E-state index in [0.29, 0.717) is 17.5 Å². The molecule has 2 aromatic carbocycles. The SMILES string of the molecule is COc1ccc(-n2ncc3c2C[C@H](c2cc(F)cc(F)c2)CC3=O)cc1. The Morgan fingerprint density at radius 1 is 1.08 bits per heavy atom. The number of carbonyl (C=O) groups is 1. The van der Waals surface area contributed by atoms with Gasteiger partial charge in [0.25, 0.3) is 0 Å². The molecular formula is C20H16F2N2O2. The topological polar surface area (TPSA) is 44.1 Å². The van der Waals surface area contributed by atoms with Gasteiger partial charge in [0.1, 0.15) is 17.4 Å². The summed E-state index contributed by atoms with van der Waals surface area (Å²) in [6.45, 7) is 0. The third kappa shape index (κ3) is 2.87. The van der Waals surface area contributed by atoms with E-state index in [9.17, 15) is 13.6 Å². The van der Waals surface area contributed by atoms with Gasteiger partial charge in [0.05, 0.1) is 30.3 Å². The number of rotatable bonds is 3. The van der Waals surface area contributed by atoms with Crippen LogP contribution in [0.2, 0.25) is 0 Å². The van der Waals surface area contributed by atoms with Crippen LogP contribution in [0.4, 0.5) is 8.78 Å². The van der Waals surface area contributed by atoms with Crippen LogP contribution in [0.5, 0.6) is 5.75 Å². The molecule has 0 saturated carbocycles. The monoisotopic (exact) mass is 354 g/mol. The van der Waals surface area contributed by atoms with Crippen LogP contribution in [0.1, 0.15) is 34.0 Å². The summed E-state index contributed by atoms with van der Waals surface area (Å²) in [5.41, 5.74) is 2.60. The largest absolute Gasteiger partial charge is 0.497 e. The zero-order valence-corrected chi connectivity index (χ0v) is 14.1. The second-order valence-electron chi connectivity index (χ2n) is 6.35. The molecule has 1 aliphatic rings. The fourth-order valence-corrected chi connectivity index (χ4v) is 3.43. The number of halogens is 2. The van der Waals surface area contributed by atoms with Gasteiger partial charge < -0.3 is 4.74 Å². The highest BCUT2D eigenvalue weighted by molar-refractivity contribution is 5.98. The van der Waals surface area contributed by atoms with E-state index < -0.39 is 11.6 Å². The average Bonchev–Trinajstić information content (AvgIpc) is 3.05. The molecule has 3 aromatic rings. The van der Waals surface area contributed by atoms with Gasteiger partial charge in [-0.05, 0) is 54.3 Å². The molecule has 4 nitrogen and oxygen atoms in total. The lowest BCUT2D eigenvalue weighted by molar-refractivity contribution is 0.0963. The van der Waals surface area contributed by atoms with Crippen LogP contribution in [-0.4, -0.2) is 22.7 Å². The predicted molar refractivity (Wildman–Crippen MR) is 91.9 cm³/mol. The fraction of sp³-hybridized carbons (Fsp3) is 0.200. The Morgan fingerprint density at radius 3 is 2.42 bits per heavy atom. The first-order chi connectivity index (χ1) is 12.5. The maximum Gasteiger partial charge on any atom is 0.166 e. The summed E-state index contributed by atoms with van der Waals surface area (Å²) in [6, 6.07) is 10.7. The van der Waals surface area contributed by atoms with Crippen molar-refractivity contribution < 1.29 is 18.3 Å². The maximum absolute atomic E-state index is 13.6. The molecule has 0 bridgehead atoms. The molecule has 1 aliphatic carbocycles. The molecule has 0 aliphatic heterocycles. The van der Waals surface area contributed by atoms with Crippen LogP contribution in [0, 0.1) is 11.6 Å². The van der Waals surface area contributed by atoms with E-state index in [1.807, 2.05) is 24.3 Å². The molecular weight excluding hydrogens is 338 g/mol. The Hall–Kier alpha value is -3.02. The van der Waals surface area contributed by atoms with Gasteiger partial charge in [0.15, 0.2) is 5.78 Å². The Bertz CT molecular complexity index is 960. The molecule has 26 heavy (non-hydrogen) atoms. The molecule has 0 unspecified atom stereocenters. The molecule has 132 valence electrons. The summed E-state index contributed by atoms with van der Waals surface area (Å²) in [5, 5.41) is 4.34. The van der Waals surface area contributed by atoms with Gasteiger partial charge in [-0.2, -0.15) is 5.10 Å². The summed E-state index contributed by atoms with van der Waals surface area (Å²) in [7, 11) is 1.59. The first kappa shape index (κ1) is 16.4. The number of hydrogen-bond acceptors (Lipinski definition) is 3. The average molecular weight is 354 g/mol. The Balaban J connectivity index is 1.73. The van der Waals surface area contributed by atoms with E-state index in [1.165, 1.54) is 12.1 Å². The second-order valence-corrected chi connectivity index (χ2v) is 6.35. The lowest BCUT2D eigenvalue weighted by Gasteiger charge is -2.23. The van der Waals surface area contributed by atoms with Crippen molar-refractivity contribution in [2.75, 3.05) is 7.11 Å². The number of ketones is 1. The zero-order valence-electron chi connectivity index (χ0n) is 14.1. The normalized spacial score (nSPS) is 16.4. The van der Waals surface area contributed by atoms with Gasteiger partial charge in [-0.3, -0.25) is 4.79 Å². The maximum atomic E-state index is 13.6. The number of benzene rings is 2. The summed E-state index contributed by atoms with van der Waals surface area (Å²) in [5.74, 6) is -0.905. The van der Waals surface area contributed by atoms with Crippen LogP contribution in [-0.2, 0) is 6.42 Å². The molecule has 0 fully saturated rings. The van der Waals surface area contributed by atoms with E-state index in [1.54, 1.807) is 18.0 Å². The molecule has 1 atom stereocenters. The molecule has 1 heterocycles. The molecule has 0 saturated heterocycles. The summed E-state index contributed by atoms with van der Waals surface area (Å²) in [4.78, 5) is 12.5. The Morgan fingerprint density at radius 2 is 1.77 bits per heavy atom. The molecule has 6 heteroatoms. The van der Waals surface area contributed by atoms with Crippen LogP contribution in [0.25, 0.3) is 5.69 Å². The van der Waals surface area contributed by atoms with Gasteiger partial charge in [-0.1, -0.05) is 0 Å². The molecule has 0 N–H and O–H groups in total. The highest BCUT2D eigenvalue weighted by Gasteiger charge is 2.30. The number of methoxy groups -OCH3 is 1. The van der Waals surface area contributed by atoms with E-state index in [2.05, 4.69) is 5.10 Å². The van der Waals surface area contributed by atoms with Crippen molar-refractivity contribution in [2.24, 2.45) is 0 Å². The third-order valence-electron chi connectivity index (χ3n) is 4.71. The van der Waals surface area contributed by atoms with Gasteiger partial charge in [0.2, 0.25) is 0 Å². The van der Waals surface area contributed by atoms with Crippen molar-refractivity contribution in [1.82, 2.24) is 9.78 Å².